The van der Waals surface area contributed by atoms with Crippen molar-refractivity contribution in [2.45, 2.75) is 133 Å². The number of fused-ring (bicyclic) bond motifs is 2. The molecule has 7 aromatic rings. The number of nitrogens with two attached hydrogens (primary N) is 3. The van der Waals surface area contributed by atoms with Gasteiger partial charge in [0.1, 0.15) is 34.3 Å². The SMILES string of the molecule is C#Cc1nn([C@H]2C[C@H](COC)N(C(=O)C=C)C2)c(NC)c1C(N)=O.C=CC(=O)N1C[C@@H](n2nc(C#Cc3cc4nc(C)n(C5CCC5)c4cc3Cl)c(C(N)=O)c2NC)C[C@@H]1COC.COC(C)(OC)OC.Clc1cc2c(cc1I)ncn2C1CCC1.Nc1cc(I)c(Cl)cc1NC1CCC1. The van der Waals surface area contributed by atoms with Crippen molar-refractivity contribution in [1.82, 2.24) is 48.5 Å². The summed E-state index contributed by atoms with van der Waals surface area (Å²) in [6, 6.07) is 12.7. The molecule has 12 rings (SSSR count). The molecule has 0 unspecified atom stereocenters. The van der Waals surface area contributed by atoms with Crippen molar-refractivity contribution < 1.29 is 42.9 Å². The summed E-state index contributed by atoms with van der Waals surface area (Å²) in [5.41, 5.74) is 24.3. The van der Waals surface area contributed by atoms with Crippen LogP contribution in [0.5, 0.6) is 0 Å². The topological polar surface area (TPSA) is 306 Å². The molecule has 4 atom stereocenters. The summed E-state index contributed by atoms with van der Waals surface area (Å²) in [6.45, 7) is 12.4. The summed E-state index contributed by atoms with van der Waals surface area (Å²) in [5, 5.41) is 20.5. The van der Waals surface area contributed by atoms with Crippen LogP contribution in [0.2, 0.25) is 15.1 Å². The van der Waals surface area contributed by atoms with Crippen molar-refractivity contribution in [1.29, 1.82) is 0 Å². The zero-order chi connectivity index (χ0) is 72.9. The molecule has 3 saturated carbocycles. The Morgan fingerprint density at radius 3 is 1.64 bits per heavy atom. The van der Waals surface area contributed by atoms with Gasteiger partial charge in [0, 0.05) is 100 Å². The highest BCUT2D eigenvalue weighted by molar-refractivity contribution is 14.1. The molecule has 30 heteroatoms. The zero-order valence-corrected chi connectivity index (χ0v) is 64.2. The molecule has 5 aliphatic rings. The zero-order valence-electron chi connectivity index (χ0n) is 57.6. The number of primary amides is 2. The van der Waals surface area contributed by atoms with Crippen LogP contribution in [0, 0.1) is 38.2 Å². The Bertz CT molecular complexity index is 4230. The van der Waals surface area contributed by atoms with Crippen LogP contribution < -0.4 is 33.2 Å². The van der Waals surface area contributed by atoms with Crippen molar-refractivity contribution >= 4 is 149 Å². The molecule has 3 aromatic carbocycles. The van der Waals surface area contributed by atoms with Gasteiger partial charge in [-0.05, 0) is 183 Å². The molecule has 25 nitrogen and oxygen atoms in total. The van der Waals surface area contributed by atoms with Gasteiger partial charge in [0.2, 0.25) is 11.8 Å². The van der Waals surface area contributed by atoms with E-state index in [9.17, 15) is 19.2 Å². The van der Waals surface area contributed by atoms with E-state index < -0.39 is 17.8 Å². The van der Waals surface area contributed by atoms with Crippen LogP contribution in [0.25, 0.3) is 22.1 Å². The Morgan fingerprint density at radius 1 is 0.690 bits per heavy atom. The maximum Gasteiger partial charge on any atom is 0.279 e. The van der Waals surface area contributed by atoms with Crippen LogP contribution in [0.1, 0.15) is 145 Å². The van der Waals surface area contributed by atoms with Crippen molar-refractivity contribution in [3.05, 3.63) is 124 Å². The van der Waals surface area contributed by atoms with Crippen LogP contribution in [0.3, 0.4) is 0 Å². The molecule has 0 bridgehead atoms. The molecule has 6 heterocycles. The highest BCUT2D eigenvalue weighted by atomic mass is 127. The number of hydrogen-bond acceptors (Lipinski definition) is 17. The number of methoxy groups -OCH3 is 5. The lowest BCUT2D eigenvalue weighted by Gasteiger charge is -2.28. The van der Waals surface area contributed by atoms with Gasteiger partial charge in [0.25, 0.3) is 17.8 Å². The lowest BCUT2D eigenvalue weighted by molar-refractivity contribution is -0.340. The van der Waals surface area contributed by atoms with Gasteiger partial charge in [0.05, 0.1) is 92.2 Å². The third-order valence-electron chi connectivity index (χ3n) is 18.5. The first-order valence-electron chi connectivity index (χ1n) is 32.5. The van der Waals surface area contributed by atoms with Gasteiger partial charge in [-0.1, -0.05) is 53.9 Å². The fourth-order valence-electron chi connectivity index (χ4n) is 12.4. The Hall–Kier alpha value is -7.17. The minimum Gasteiger partial charge on any atom is -0.397 e. The number of nitrogens with one attached hydrogen (secondary N) is 3. The first-order valence-corrected chi connectivity index (χ1v) is 35.8. The first kappa shape index (κ1) is 78.5. The van der Waals surface area contributed by atoms with Crippen molar-refractivity contribution in [2.24, 2.45) is 11.5 Å². The van der Waals surface area contributed by atoms with Crippen LogP contribution in [-0.4, -0.2) is 172 Å². The normalized spacial score (nSPS) is 18.0. The number of benzene rings is 3. The average Bonchev–Trinajstić information content (AvgIpc) is 1.63. The number of aryl methyl sites for hydroxylation is 1. The third kappa shape index (κ3) is 18.0. The van der Waals surface area contributed by atoms with E-state index >= 15 is 0 Å². The predicted octanol–water partition coefficient (Wildman–Crippen LogP) is 11.5. The minimum absolute atomic E-state index is 0.106. The summed E-state index contributed by atoms with van der Waals surface area (Å²) in [4.78, 5) is 61.3. The maximum absolute atomic E-state index is 12.5. The van der Waals surface area contributed by atoms with Gasteiger partial charge in [-0.3, -0.25) is 19.2 Å². The number of amides is 4. The molecule has 4 amide bonds. The predicted molar refractivity (Wildman–Crippen MR) is 409 cm³/mol. The molecule has 0 spiro atoms. The second-order valence-corrected chi connectivity index (χ2v) is 28.1. The number of nitrogen functional groups attached to an aromatic ring is 1. The monoisotopic (exact) mass is 1650 g/mol. The third-order valence-corrected chi connectivity index (χ3v) is 21.9. The highest BCUT2D eigenvalue weighted by Gasteiger charge is 2.40. The minimum atomic E-state index is -0.875. The lowest BCUT2D eigenvalue weighted by Crippen LogP contribution is -2.37. The maximum atomic E-state index is 12.5. The standard InChI is InChI=1S/C28H32ClN7O3.C16H21N5O3.C11H10ClIN2.C10H12ClIN2.C5H12O3/c1-5-25(37)34-14-19(12-20(34)15-39-4)36-28(31-3)26(27(30)38)22(33-36)10-9-17-11-23-24(13-21(17)29)35(16(2)32-23)18-7-6-8-18;1-5-12-14(15(17)23)16(18-3)21(19-12)10-7-11(9-24-4)20(8-10)13(22)6-2;12-8-4-11-10(5-9(8)13)14-6-15(11)7-2-1-3-7;11-7-4-10(9(13)5-8(7)12)14-6-2-1-3-6;1-5(6-2,7-3)8-4/h5,11,13,18-20,31H,1,6-8,12,14-15H2,2-4H3,(H2,30,38);1,6,10-11,18H,2,7-9H2,3-4H3,(H2,17,23);4-7H,1-3H2;4-6,14H,1-3,13H2;1-4H3/t19-,20+;10-,11+;;;/m00.../s1. The van der Waals surface area contributed by atoms with Crippen LogP contribution in [0.15, 0.2) is 68.0 Å². The number of nitrogens with zero attached hydrogens (tertiary/aromatic N) is 10. The van der Waals surface area contributed by atoms with Gasteiger partial charge in [0.15, 0.2) is 5.69 Å². The van der Waals surface area contributed by atoms with Gasteiger partial charge in [-0.25, -0.2) is 19.3 Å². The second-order valence-electron chi connectivity index (χ2n) is 24.6. The van der Waals surface area contributed by atoms with Gasteiger partial charge in [-0.15, -0.1) is 6.42 Å². The Labute approximate surface area is 625 Å². The van der Waals surface area contributed by atoms with E-state index in [0.717, 1.165) is 63.8 Å². The van der Waals surface area contributed by atoms with Crippen LogP contribution in [-0.2, 0) is 33.3 Å². The molecule has 100 heavy (non-hydrogen) atoms. The number of aromatic nitrogens is 8. The van der Waals surface area contributed by atoms with Gasteiger partial charge in [-0.2, -0.15) is 10.2 Å². The number of carbonyl (C=O) groups excluding carboxylic acids is 4. The summed E-state index contributed by atoms with van der Waals surface area (Å²) in [7, 11) is 11.1. The van der Waals surface area contributed by atoms with E-state index in [4.69, 9.17) is 87.1 Å². The fraction of sp³-hybridized carbons (Fsp3) is 0.457. The van der Waals surface area contributed by atoms with Crippen LogP contribution >= 0.6 is 80.0 Å². The summed E-state index contributed by atoms with van der Waals surface area (Å²) in [5.74, 6) is 7.79. The number of likely N-dealkylation sites (tertiary alicyclic amines) is 2. The molecule has 536 valence electrons. The molecular weight excluding hydrogens is 1570 g/mol. The van der Waals surface area contributed by atoms with Gasteiger partial charge >= 0.3 is 0 Å². The summed E-state index contributed by atoms with van der Waals surface area (Å²) in [6.07, 6.45) is 22.3. The molecule has 2 saturated heterocycles. The number of imidazole rings is 2. The molecular formula is C70H87Cl3I2N16O9. The Balaban J connectivity index is 0.000000176. The quantitative estimate of drug-likeness (QED) is 0.0144. The number of halogens is 5. The molecule has 9 N–H and O–H groups in total. The van der Waals surface area contributed by atoms with Crippen molar-refractivity contribution in [2.75, 3.05) is 97.6 Å². The molecule has 0 radical (unpaired) electrons. The van der Waals surface area contributed by atoms with Gasteiger partial charge < -0.3 is 75.8 Å². The van der Waals surface area contributed by atoms with E-state index in [2.05, 4.69) is 116 Å². The van der Waals surface area contributed by atoms with E-state index in [1.54, 1.807) is 54.4 Å². The summed E-state index contributed by atoms with van der Waals surface area (Å²) < 4.78 is 34.8. The lowest BCUT2D eigenvalue weighted by atomic mass is 9.92. The molecule has 2 aliphatic heterocycles. The number of terminal acetylenes is 1. The van der Waals surface area contributed by atoms with Crippen LogP contribution in [0.4, 0.5) is 23.0 Å². The highest BCUT2D eigenvalue weighted by Crippen LogP contribution is 2.40. The fourth-order valence-corrected chi connectivity index (χ4v) is 13.9. The molecule has 3 aliphatic carbocycles. The number of anilines is 4. The second kappa shape index (κ2) is 35.6. The van der Waals surface area contributed by atoms with E-state index in [0.29, 0.717) is 79.5 Å². The number of carbonyl (C=O) groups is 4. The Morgan fingerprint density at radius 2 is 1.19 bits per heavy atom. The van der Waals surface area contributed by atoms with E-state index in [-0.39, 0.29) is 58.5 Å². The Kier molecular flexibility index (Phi) is 28.0. The smallest absolute Gasteiger partial charge is 0.279 e. The number of hydrogen-bond donors (Lipinski definition) is 6. The first-order chi connectivity index (χ1) is 47.8. The largest absolute Gasteiger partial charge is 0.397 e. The summed E-state index contributed by atoms with van der Waals surface area (Å²) >= 11 is 23.2. The number of rotatable bonds is 19. The van der Waals surface area contributed by atoms with Crippen molar-refractivity contribution in [3.63, 3.8) is 0 Å². The van der Waals surface area contributed by atoms with E-state index in [1.807, 2.05) is 49.6 Å². The number of ether oxygens (including phenoxy) is 5. The van der Waals surface area contributed by atoms with Crippen molar-refractivity contribution in [3.8, 4) is 24.2 Å². The molecule has 5 fully saturated rings. The van der Waals surface area contributed by atoms with E-state index in [1.165, 1.54) is 83.9 Å². The average molecular weight is 1660 g/mol. The molecule has 4 aromatic heterocycles.